The van der Waals surface area contributed by atoms with Crippen LogP contribution in [-0.2, 0) is 11.4 Å². The van der Waals surface area contributed by atoms with Gasteiger partial charge in [0, 0.05) is 0 Å². The van der Waals surface area contributed by atoms with Gasteiger partial charge in [0.15, 0.2) is 15.8 Å². The molecule has 1 heterocycles. The number of anilines is 1. The molecular weight excluding hydrogens is 550 g/mol. The van der Waals surface area contributed by atoms with Gasteiger partial charge in [-0.2, -0.15) is 0 Å². The smallest absolute Gasteiger partial charge is 0.335 e. The Balaban J connectivity index is 1.61. The number of carbonyl (C=O) groups excluding carboxylic acids is 1. The first-order valence-electron chi connectivity index (χ1n) is 10.6. The predicted molar refractivity (Wildman–Crippen MR) is 145 cm³/mol. The number of amides is 1. The topological polar surface area (TPSA) is 76.1 Å². The molecule has 0 unspecified atom stereocenters. The molecule has 3 aromatic carbocycles. The van der Waals surface area contributed by atoms with Gasteiger partial charge < -0.3 is 14.6 Å². The Morgan fingerprint density at radius 2 is 1.89 bits per heavy atom. The summed E-state index contributed by atoms with van der Waals surface area (Å²) < 4.78 is 12.9. The first-order valence-corrected chi connectivity index (χ1v) is 12.6. The van der Waals surface area contributed by atoms with E-state index in [1.165, 1.54) is 17.0 Å². The number of thiocarbonyl (C=S) groups is 1. The second-order valence-electron chi connectivity index (χ2n) is 7.41. The van der Waals surface area contributed by atoms with Crippen molar-refractivity contribution in [2.45, 2.75) is 13.5 Å². The highest BCUT2D eigenvalue weighted by molar-refractivity contribution is 9.10. The number of carboxylic acid groups (broad SMARTS) is 1. The molecule has 35 heavy (non-hydrogen) atoms. The third-order valence-corrected chi connectivity index (χ3v) is 6.89. The van der Waals surface area contributed by atoms with Crippen LogP contribution in [0.4, 0.5) is 5.69 Å². The van der Waals surface area contributed by atoms with Gasteiger partial charge in [-0.25, -0.2) is 4.79 Å². The van der Waals surface area contributed by atoms with Crippen molar-refractivity contribution in [2.75, 3.05) is 11.5 Å². The van der Waals surface area contributed by atoms with Crippen LogP contribution in [0.15, 0.2) is 76.1 Å². The molecule has 4 rings (SSSR count). The number of hydrogen-bond acceptors (Lipinski definition) is 6. The molecule has 0 bridgehead atoms. The van der Waals surface area contributed by atoms with Gasteiger partial charge in [0.1, 0.15) is 6.61 Å². The average molecular weight is 570 g/mol. The van der Waals surface area contributed by atoms with E-state index in [-0.39, 0.29) is 11.5 Å². The van der Waals surface area contributed by atoms with Gasteiger partial charge in [-0.1, -0.05) is 60.4 Å². The van der Waals surface area contributed by atoms with Crippen LogP contribution < -0.4 is 14.4 Å². The number of aromatic carboxylic acids is 1. The zero-order chi connectivity index (χ0) is 24.9. The molecule has 6 nitrogen and oxygen atoms in total. The molecule has 0 aliphatic carbocycles. The molecule has 0 aromatic heterocycles. The molecular formula is C26H20BrNO5S2. The highest BCUT2D eigenvalue weighted by atomic mass is 79.9. The van der Waals surface area contributed by atoms with E-state index in [4.69, 9.17) is 21.7 Å². The van der Waals surface area contributed by atoms with Crippen molar-refractivity contribution in [3.63, 3.8) is 0 Å². The molecule has 1 fully saturated rings. The van der Waals surface area contributed by atoms with Crippen molar-refractivity contribution in [1.29, 1.82) is 0 Å². The summed E-state index contributed by atoms with van der Waals surface area (Å²) in [6.45, 7) is 2.71. The number of benzene rings is 3. The molecule has 9 heteroatoms. The maximum absolute atomic E-state index is 13.2. The molecule has 1 N–H and O–H groups in total. The maximum atomic E-state index is 13.2. The number of hydrogen-bond donors (Lipinski definition) is 1. The Morgan fingerprint density at radius 3 is 2.60 bits per heavy atom. The van der Waals surface area contributed by atoms with Gasteiger partial charge in [0.2, 0.25) is 0 Å². The van der Waals surface area contributed by atoms with Gasteiger partial charge in [-0.15, -0.1) is 0 Å². The van der Waals surface area contributed by atoms with Gasteiger partial charge >= 0.3 is 5.97 Å². The quantitative estimate of drug-likeness (QED) is 0.244. The standard InChI is InChI=1S/C26H20BrNO5S2/c1-2-32-21-12-17(11-20(27)23(21)33-15-16-7-4-3-5-8-16)13-22-24(29)28(26(34)35-22)19-10-6-9-18(14-19)25(30)31/h3-14H,2,15H2,1H3,(H,30,31)/b22-13+. The van der Waals surface area contributed by atoms with E-state index in [9.17, 15) is 14.7 Å². The Hall–Kier alpha value is -3.14. The zero-order valence-electron chi connectivity index (χ0n) is 18.6. The highest BCUT2D eigenvalue weighted by Gasteiger charge is 2.33. The summed E-state index contributed by atoms with van der Waals surface area (Å²) in [5.41, 5.74) is 2.25. The van der Waals surface area contributed by atoms with Crippen molar-refractivity contribution >= 4 is 67.9 Å². The van der Waals surface area contributed by atoms with Crippen molar-refractivity contribution < 1.29 is 24.2 Å². The molecule has 0 atom stereocenters. The van der Waals surface area contributed by atoms with E-state index in [1.54, 1.807) is 18.2 Å². The molecule has 3 aromatic rings. The van der Waals surface area contributed by atoms with Crippen molar-refractivity contribution in [1.82, 2.24) is 0 Å². The summed E-state index contributed by atoms with van der Waals surface area (Å²) in [5, 5.41) is 9.27. The minimum absolute atomic E-state index is 0.0805. The van der Waals surface area contributed by atoms with Crippen LogP contribution in [0.5, 0.6) is 11.5 Å². The lowest BCUT2D eigenvalue weighted by molar-refractivity contribution is -0.113. The Bertz CT molecular complexity index is 1330. The van der Waals surface area contributed by atoms with E-state index in [1.807, 2.05) is 49.4 Å². The van der Waals surface area contributed by atoms with Crippen molar-refractivity contribution in [3.05, 3.63) is 92.8 Å². The monoisotopic (exact) mass is 569 g/mol. The van der Waals surface area contributed by atoms with Crippen LogP contribution in [0.2, 0.25) is 0 Å². The van der Waals surface area contributed by atoms with Gasteiger partial charge in [-0.05, 0) is 70.4 Å². The van der Waals surface area contributed by atoms with Crippen LogP contribution in [0.1, 0.15) is 28.4 Å². The molecule has 1 amide bonds. The number of halogens is 1. The third kappa shape index (κ3) is 5.75. The second kappa shape index (κ2) is 11.1. The number of carbonyl (C=O) groups is 2. The minimum Gasteiger partial charge on any atom is -0.490 e. The summed E-state index contributed by atoms with van der Waals surface area (Å²) >= 11 is 10.1. The van der Waals surface area contributed by atoms with E-state index >= 15 is 0 Å². The van der Waals surface area contributed by atoms with Crippen LogP contribution in [-0.4, -0.2) is 27.9 Å². The molecule has 0 radical (unpaired) electrons. The highest BCUT2D eigenvalue weighted by Crippen LogP contribution is 2.40. The molecule has 0 saturated carbocycles. The maximum Gasteiger partial charge on any atom is 0.335 e. The van der Waals surface area contributed by atoms with Crippen LogP contribution in [0, 0.1) is 0 Å². The number of ether oxygens (including phenoxy) is 2. The first-order chi connectivity index (χ1) is 16.9. The lowest BCUT2D eigenvalue weighted by atomic mass is 10.1. The zero-order valence-corrected chi connectivity index (χ0v) is 21.8. The van der Waals surface area contributed by atoms with E-state index in [2.05, 4.69) is 15.9 Å². The summed E-state index contributed by atoms with van der Waals surface area (Å²) in [6, 6.07) is 19.6. The average Bonchev–Trinajstić information content (AvgIpc) is 3.12. The predicted octanol–water partition coefficient (Wildman–Crippen LogP) is 6.53. The Kier molecular flexibility index (Phi) is 7.90. The summed E-state index contributed by atoms with van der Waals surface area (Å²) in [4.78, 5) is 26.2. The minimum atomic E-state index is -1.07. The third-order valence-electron chi connectivity index (χ3n) is 5.00. The fraction of sp³-hybridized carbons (Fsp3) is 0.115. The van der Waals surface area contributed by atoms with Crippen molar-refractivity contribution in [2.24, 2.45) is 0 Å². The van der Waals surface area contributed by atoms with E-state index in [0.717, 1.165) is 22.9 Å². The SMILES string of the molecule is CCOc1cc(/C=C2/SC(=S)N(c3cccc(C(=O)O)c3)C2=O)cc(Br)c1OCc1ccccc1. The number of thioether (sulfide) groups is 1. The van der Waals surface area contributed by atoms with Gasteiger partial charge in [-0.3, -0.25) is 9.69 Å². The fourth-order valence-corrected chi connectivity index (χ4v) is 5.30. The lowest BCUT2D eigenvalue weighted by Gasteiger charge is -2.15. The molecule has 0 spiro atoms. The summed E-state index contributed by atoms with van der Waals surface area (Å²) in [7, 11) is 0. The van der Waals surface area contributed by atoms with Gasteiger partial charge in [0.05, 0.1) is 27.2 Å². The second-order valence-corrected chi connectivity index (χ2v) is 9.94. The lowest BCUT2D eigenvalue weighted by Crippen LogP contribution is -2.27. The van der Waals surface area contributed by atoms with Crippen LogP contribution in [0.3, 0.4) is 0 Å². The molecule has 1 saturated heterocycles. The fourth-order valence-electron chi connectivity index (χ4n) is 3.42. The van der Waals surface area contributed by atoms with Crippen LogP contribution >= 0.6 is 39.9 Å². The molecule has 1 aliphatic heterocycles. The van der Waals surface area contributed by atoms with E-state index in [0.29, 0.717) is 44.1 Å². The Labute approximate surface area is 220 Å². The largest absolute Gasteiger partial charge is 0.490 e. The number of carboxylic acids is 1. The van der Waals surface area contributed by atoms with Crippen molar-refractivity contribution in [3.8, 4) is 11.5 Å². The number of nitrogens with zero attached hydrogens (tertiary/aromatic N) is 1. The molecule has 178 valence electrons. The first kappa shape index (κ1) is 25.0. The van der Waals surface area contributed by atoms with Gasteiger partial charge in [0.25, 0.3) is 5.91 Å². The number of rotatable bonds is 8. The normalized spacial score (nSPS) is 14.5. The van der Waals surface area contributed by atoms with E-state index < -0.39 is 5.97 Å². The van der Waals surface area contributed by atoms with Crippen LogP contribution in [0.25, 0.3) is 6.08 Å². The molecule has 1 aliphatic rings. The summed E-state index contributed by atoms with van der Waals surface area (Å²) in [5.74, 6) is -0.267. The Morgan fingerprint density at radius 1 is 1.11 bits per heavy atom. The summed E-state index contributed by atoms with van der Waals surface area (Å²) in [6.07, 6.45) is 1.73.